The van der Waals surface area contributed by atoms with E-state index in [1.54, 1.807) is 18.9 Å². The van der Waals surface area contributed by atoms with Crippen LogP contribution >= 0.6 is 0 Å². The molecule has 1 rings (SSSR count). The van der Waals surface area contributed by atoms with Crippen molar-refractivity contribution < 1.29 is 4.79 Å². The van der Waals surface area contributed by atoms with Gasteiger partial charge in [-0.15, -0.1) is 0 Å². The first-order valence-electron chi connectivity index (χ1n) is 4.83. The molecule has 0 aromatic heterocycles. The van der Waals surface area contributed by atoms with Gasteiger partial charge in [0.25, 0.3) is 0 Å². The predicted octanol–water partition coefficient (Wildman–Crippen LogP) is 2.72. The monoisotopic (exact) mass is 181 g/mol. The van der Waals surface area contributed by atoms with Crippen LogP contribution in [0.4, 0.5) is 0 Å². The first kappa shape index (κ1) is 11.9. The second kappa shape index (κ2) is 6.46. The van der Waals surface area contributed by atoms with E-state index < -0.39 is 0 Å². The van der Waals surface area contributed by atoms with Crippen LogP contribution < -0.4 is 0 Å². The fraction of sp³-hybridized carbons (Fsp3) is 0.545. The molecule has 2 nitrogen and oxygen atoms in total. The Hall–Kier alpha value is -1.05. The van der Waals surface area contributed by atoms with Crippen molar-refractivity contribution in [3.63, 3.8) is 0 Å². The molecule has 1 amide bonds. The molecule has 0 aromatic carbocycles. The van der Waals surface area contributed by atoms with Crippen molar-refractivity contribution in [1.29, 1.82) is 0 Å². The molecule has 0 aromatic rings. The predicted molar refractivity (Wildman–Crippen MR) is 56.2 cm³/mol. The van der Waals surface area contributed by atoms with Crippen molar-refractivity contribution in [3.05, 3.63) is 23.9 Å². The van der Waals surface area contributed by atoms with E-state index in [2.05, 4.69) is 12.2 Å². The van der Waals surface area contributed by atoms with Gasteiger partial charge in [0.15, 0.2) is 0 Å². The van der Waals surface area contributed by atoms with E-state index >= 15 is 0 Å². The van der Waals surface area contributed by atoms with Gasteiger partial charge in [-0.3, -0.25) is 4.79 Å². The number of allylic oxidation sites excluding steroid dienone is 3. The molecule has 0 aliphatic heterocycles. The number of likely N-dealkylation sites (N-methyl/N-ethyl adjacent to an activating group) is 1. The van der Waals surface area contributed by atoms with Crippen molar-refractivity contribution in [1.82, 2.24) is 4.90 Å². The highest BCUT2D eigenvalue weighted by molar-refractivity contribution is 5.75. The Morgan fingerprint density at radius 3 is 2.38 bits per heavy atom. The van der Waals surface area contributed by atoms with Crippen molar-refractivity contribution in [2.24, 2.45) is 0 Å². The lowest BCUT2D eigenvalue weighted by molar-refractivity contribution is -0.125. The average Bonchev–Trinajstić information content (AvgIpc) is 2.21. The molecule has 0 unspecified atom stereocenters. The van der Waals surface area contributed by atoms with Gasteiger partial charge in [-0.05, 0) is 18.9 Å². The second-order valence-corrected chi connectivity index (χ2v) is 2.69. The number of rotatable bonds is 1. The van der Waals surface area contributed by atoms with E-state index in [0.29, 0.717) is 0 Å². The van der Waals surface area contributed by atoms with Gasteiger partial charge in [0.05, 0.1) is 0 Å². The van der Waals surface area contributed by atoms with E-state index in [9.17, 15) is 4.79 Å². The third-order valence-electron chi connectivity index (χ3n) is 1.84. The number of nitrogens with zero attached hydrogens (tertiary/aromatic N) is 1. The molecule has 0 bridgehead atoms. The van der Waals surface area contributed by atoms with E-state index in [1.807, 2.05) is 19.9 Å². The maximum atomic E-state index is 10.9. The van der Waals surface area contributed by atoms with E-state index in [-0.39, 0.29) is 5.91 Å². The molecule has 0 N–H and O–H groups in total. The summed E-state index contributed by atoms with van der Waals surface area (Å²) in [6, 6.07) is 0. The van der Waals surface area contributed by atoms with E-state index in [1.165, 1.54) is 0 Å². The standard InChI is InChI=1S/C9H13NO.C2H6/c1-8(11)10(2)9-6-4-3-5-7-9;1-2/h4,6-7H,3,5H2,1-2H3;1-2H3. The summed E-state index contributed by atoms with van der Waals surface area (Å²) in [6.07, 6.45) is 8.31. The van der Waals surface area contributed by atoms with Gasteiger partial charge in [-0.25, -0.2) is 0 Å². The molecule has 0 saturated carbocycles. The van der Waals surface area contributed by atoms with Crippen molar-refractivity contribution >= 4 is 5.91 Å². The first-order chi connectivity index (χ1) is 6.22. The second-order valence-electron chi connectivity index (χ2n) is 2.69. The van der Waals surface area contributed by atoms with Gasteiger partial charge in [0.2, 0.25) is 5.91 Å². The number of amides is 1. The molecule has 0 saturated heterocycles. The molecule has 0 fully saturated rings. The zero-order chi connectivity index (χ0) is 10.3. The summed E-state index contributed by atoms with van der Waals surface area (Å²) < 4.78 is 0. The van der Waals surface area contributed by atoms with Crippen LogP contribution in [0, 0.1) is 0 Å². The number of carbonyl (C=O) groups is 1. The molecule has 0 heterocycles. The molecule has 74 valence electrons. The van der Waals surface area contributed by atoms with Gasteiger partial charge in [0.1, 0.15) is 0 Å². The van der Waals surface area contributed by atoms with Crippen LogP contribution in [0.2, 0.25) is 0 Å². The highest BCUT2D eigenvalue weighted by Gasteiger charge is 2.06. The minimum atomic E-state index is 0.0859. The maximum absolute atomic E-state index is 10.9. The topological polar surface area (TPSA) is 20.3 Å². The Kier molecular flexibility index (Phi) is 5.94. The first-order valence-corrected chi connectivity index (χ1v) is 4.83. The van der Waals surface area contributed by atoms with Gasteiger partial charge in [-0.1, -0.05) is 26.0 Å². The van der Waals surface area contributed by atoms with Crippen LogP contribution in [-0.4, -0.2) is 17.9 Å². The third-order valence-corrected chi connectivity index (χ3v) is 1.84. The summed E-state index contributed by atoms with van der Waals surface area (Å²) in [6.45, 7) is 5.57. The zero-order valence-electron chi connectivity index (χ0n) is 9.00. The molecular weight excluding hydrogens is 162 g/mol. The maximum Gasteiger partial charge on any atom is 0.223 e. The van der Waals surface area contributed by atoms with Gasteiger partial charge >= 0.3 is 0 Å². The van der Waals surface area contributed by atoms with E-state index in [4.69, 9.17) is 0 Å². The SMILES string of the molecule is CC.CC(=O)N(C)C1=CCCC=C1. The minimum Gasteiger partial charge on any atom is -0.316 e. The highest BCUT2D eigenvalue weighted by atomic mass is 16.2. The Labute approximate surface area is 80.9 Å². The fourth-order valence-corrected chi connectivity index (χ4v) is 1.03. The molecule has 1 aliphatic rings. The molecule has 13 heavy (non-hydrogen) atoms. The molecule has 2 heteroatoms. The summed E-state index contributed by atoms with van der Waals surface area (Å²) >= 11 is 0. The van der Waals surface area contributed by atoms with Crippen LogP contribution in [0.1, 0.15) is 33.6 Å². The molecule has 1 aliphatic carbocycles. The molecular formula is C11H19NO. The Morgan fingerprint density at radius 1 is 1.38 bits per heavy atom. The van der Waals surface area contributed by atoms with Crippen LogP contribution in [0.5, 0.6) is 0 Å². The Morgan fingerprint density at radius 2 is 2.00 bits per heavy atom. The average molecular weight is 181 g/mol. The van der Waals surface area contributed by atoms with Crippen LogP contribution in [-0.2, 0) is 4.79 Å². The van der Waals surface area contributed by atoms with Gasteiger partial charge < -0.3 is 4.90 Å². The largest absolute Gasteiger partial charge is 0.316 e. The van der Waals surface area contributed by atoms with Gasteiger partial charge in [0, 0.05) is 19.7 Å². The molecule has 0 radical (unpaired) electrons. The quantitative estimate of drug-likeness (QED) is 0.609. The lowest BCUT2D eigenvalue weighted by Crippen LogP contribution is -2.22. The number of hydrogen-bond acceptors (Lipinski definition) is 1. The zero-order valence-corrected chi connectivity index (χ0v) is 9.00. The Balaban J connectivity index is 0.000000671. The molecule has 0 atom stereocenters. The summed E-state index contributed by atoms with van der Waals surface area (Å²) in [5.41, 5.74) is 1.02. The van der Waals surface area contributed by atoms with E-state index in [0.717, 1.165) is 18.5 Å². The minimum absolute atomic E-state index is 0.0859. The summed E-state index contributed by atoms with van der Waals surface area (Å²) in [4.78, 5) is 12.6. The molecule has 0 spiro atoms. The van der Waals surface area contributed by atoms with Crippen LogP contribution in [0.25, 0.3) is 0 Å². The van der Waals surface area contributed by atoms with Crippen molar-refractivity contribution in [3.8, 4) is 0 Å². The highest BCUT2D eigenvalue weighted by Crippen LogP contribution is 2.12. The lowest BCUT2D eigenvalue weighted by atomic mass is 10.1. The Bertz CT molecular complexity index is 216. The number of carbonyl (C=O) groups excluding carboxylic acids is 1. The van der Waals surface area contributed by atoms with Crippen molar-refractivity contribution in [2.45, 2.75) is 33.6 Å². The third kappa shape index (κ3) is 3.92. The summed E-state index contributed by atoms with van der Waals surface area (Å²) in [5.74, 6) is 0.0859. The van der Waals surface area contributed by atoms with Crippen LogP contribution in [0.15, 0.2) is 23.9 Å². The normalized spacial score (nSPS) is 14.0. The lowest BCUT2D eigenvalue weighted by Gasteiger charge is -2.17. The van der Waals surface area contributed by atoms with Gasteiger partial charge in [-0.2, -0.15) is 0 Å². The smallest absolute Gasteiger partial charge is 0.223 e. The summed E-state index contributed by atoms with van der Waals surface area (Å²) in [7, 11) is 1.80. The van der Waals surface area contributed by atoms with Crippen LogP contribution in [0.3, 0.4) is 0 Å². The summed E-state index contributed by atoms with van der Waals surface area (Å²) in [5, 5.41) is 0. The van der Waals surface area contributed by atoms with Crippen molar-refractivity contribution in [2.75, 3.05) is 7.05 Å². The fourth-order valence-electron chi connectivity index (χ4n) is 1.03. The number of hydrogen-bond donors (Lipinski definition) is 0.